The SMILES string of the molecule is CN=CN(C)c1ccc([N+](=O)[O-])cc1C#N. The second-order valence-electron chi connectivity index (χ2n) is 3.05. The number of nitro benzene ring substituents is 1. The summed E-state index contributed by atoms with van der Waals surface area (Å²) in [4.78, 5) is 15.4. The molecule has 0 saturated carbocycles. The fourth-order valence-electron chi connectivity index (χ4n) is 1.27. The molecule has 0 N–H and O–H groups in total. The molecule has 16 heavy (non-hydrogen) atoms. The minimum absolute atomic E-state index is 0.0952. The van der Waals surface area contributed by atoms with Gasteiger partial charge < -0.3 is 4.90 Å². The van der Waals surface area contributed by atoms with Crippen molar-refractivity contribution in [2.24, 2.45) is 4.99 Å². The zero-order chi connectivity index (χ0) is 12.1. The Morgan fingerprint density at radius 3 is 2.81 bits per heavy atom. The van der Waals surface area contributed by atoms with Gasteiger partial charge in [0.15, 0.2) is 0 Å². The summed E-state index contributed by atoms with van der Waals surface area (Å²) in [6, 6.07) is 6.05. The van der Waals surface area contributed by atoms with Crippen LogP contribution in [0.1, 0.15) is 5.56 Å². The normalized spacial score (nSPS) is 10.1. The molecule has 0 amide bonds. The molecular weight excluding hydrogens is 208 g/mol. The molecule has 0 radical (unpaired) electrons. The zero-order valence-electron chi connectivity index (χ0n) is 8.91. The van der Waals surface area contributed by atoms with Crippen molar-refractivity contribution in [1.82, 2.24) is 0 Å². The van der Waals surface area contributed by atoms with Gasteiger partial charge in [-0.2, -0.15) is 5.26 Å². The molecular formula is C10H10N4O2. The molecule has 6 heteroatoms. The Morgan fingerprint density at radius 2 is 2.31 bits per heavy atom. The lowest BCUT2D eigenvalue weighted by Crippen LogP contribution is -2.15. The second kappa shape index (κ2) is 4.89. The van der Waals surface area contributed by atoms with Gasteiger partial charge in [-0.1, -0.05) is 0 Å². The van der Waals surface area contributed by atoms with E-state index in [2.05, 4.69) is 4.99 Å². The molecule has 1 aromatic rings. The van der Waals surface area contributed by atoms with Crippen LogP contribution in [-0.4, -0.2) is 25.4 Å². The summed E-state index contributed by atoms with van der Waals surface area (Å²) in [6.07, 6.45) is 1.53. The molecule has 6 nitrogen and oxygen atoms in total. The highest BCUT2D eigenvalue weighted by molar-refractivity contribution is 5.81. The topological polar surface area (TPSA) is 82.5 Å². The first-order valence-corrected chi connectivity index (χ1v) is 4.43. The smallest absolute Gasteiger partial charge is 0.270 e. The number of nitrogens with zero attached hydrogens (tertiary/aromatic N) is 4. The minimum Gasteiger partial charge on any atom is -0.335 e. The van der Waals surface area contributed by atoms with E-state index in [1.807, 2.05) is 6.07 Å². The fourth-order valence-corrected chi connectivity index (χ4v) is 1.27. The maximum atomic E-state index is 10.5. The third-order valence-electron chi connectivity index (χ3n) is 1.98. The average Bonchev–Trinajstić information content (AvgIpc) is 2.28. The molecule has 82 valence electrons. The Hall–Kier alpha value is -2.42. The molecule has 0 aromatic heterocycles. The number of aliphatic imine (C=N–C) groups is 1. The number of anilines is 1. The molecule has 0 bridgehead atoms. The molecule has 0 heterocycles. The highest BCUT2D eigenvalue weighted by Gasteiger charge is 2.12. The number of hydrogen-bond donors (Lipinski definition) is 0. The van der Waals surface area contributed by atoms with E-state index in [-0.39, 0.29) is 11.3 Å². The van der Waals surface area contributed by atoms with Crippen molar-refractivity contribution in [3.63, 3.8) is 0 Å². The fraction of sp³-hybridized carbons (Fsp3) is 0.200. The predicted octanol–water partition coefficient (Wildman–Crippen LogP) is 1.56. The van der Waals surface area contributed by atoms with Gasteiger partial charge >= 0.3 is 0 Å². The molecule has 0 fully saturated rings. The Labute approximate surface area is 92.6 Å². The zero-order valence-corrected chi connectivity index (χ0v) is 8.91. The van der Waals surface area contributed by atoms with E-state index in [9.17, 15) is 10.1 Å². The van der Waals surface area contributed by atoms with E-state index >= 15 is 0 Å². The summed E-state index contributed by atoms with van der Waals surface area (Å²) >= 11 is 0. The van der Waals surface area contributed by atoms with Crippen LogP contribution in [0, 0.1) is 21.4 Å². The van der Waals surface area contributed by atoms with Crippen LogP contribution in [0.2, 0.25) is 0 Å². The van der Waals surface area contributed by atoms with E-state index in [1.165, 1.54) is 24.5 Å². The van der Waals surface area contributed by atoms with Crippen LogP contribution in [0.5, 0.6) is 0 Å². The third-order valence-corrected chi connectivity index (χ3v) is 1.98. The summed E-state index contributed by atoms with van der Waals surface area (Å²) in [5.41, 5.74) is 0.734. The van der Waals surface area contributed by atoms with Gasteiger partial charge in [-0.3, -0.25) is 15.1 Å². The van der Waals surface area contributed by atoms with Crippen LogP contribution >= 0.6 is 0 Å². The second-order valence-corrected chi connectivity index (χ2v) is 3.05. The highest BCUT2D eigenvalue weighted by Crippen LogP contribution is 2.23. The van der Waals surface area contributed by atoms with Crippen molar-refractivity contribution < 1.29 is 4.92 Å². The van der Waals surface area contributed by atoms with Gasteiger partial charge in [0.2, 0.25) is 0 Å². The van der Waals surface area contributed by atoms with E-state index < -0.39 is 4.92 Å². The molecule has 0 aliphatic heterocycles. The number of rotatable bonds is 3. The summed E-state index contributed by atoms with van der Waals surface area (Å²) in [5.74, 6) is 0. The monoisotopic (exact) mass is 218 g/mol. The number of nitriles is 1. The Morgan fingerprint density at radius 1 is 1.62 bits per heavy atom. The van der Waals surface area contributed by atoms with Crippen molar-refractivity contribution in [2.45, 2.75) is 0 Å². The van der Waals surface area contributed by atoms with Crippen LogP contribution < -0.4 is 4.90 Å². The summed E-state index contributed by atoms with van der Waals surface area (Å²) < 4.78 is 0. The lowest BCUT2D eigenvalue weighted by atomic mass is 10.1. The average molecular weight is 218 g/mol. The Balaban J connectivity index is 3.23. The molecule has 0 unspecified atom stereocenters. The van der Waals surface area contributed by atoms with Gasteiger partial charge in [0, 0.05) is 26.2 Å². The Bertz CT molecular complexity index is 476. The van der Waals surface area contributed by atoms with Crippen molar-refractivity contribution in [1.29, 1.82) is 5.26 Å². The van der Waals surface area contributed by atoms with E-state index in [0.717, 1.165) is 0 Å². The molecule has 0 aliphatic carbocycles. The lowest BCUT2D eigenvalue weighted by molar-refractivity contribution is -0.384. The highest BCUT2D eigenvalue weighted by atomic mass is 16.6. The quantitative estimate of drug-likeness (QED) is 0.333. The first kappa shape index (κ1) is 11.7. The van der Waals surface area contributed by atoms with Crippen LogP contribution in [0.3, 0.4) is 0 Å². The minimum atomic E-state index is -0.529. The van der Waals surface area contributed by atoms with Crippen LogP contribution in [0.15, 0.2) is 23.2 Å². The van der Waals surface area contributed by atoms with Crippen LogP contribution in [0.4, 0.5) is 11.4 Å². The van der Waals surface area contributed by atoms with Gasteiger partial charge in [0.05, 0.1) is 22.5 Å². The molecule has 0 saturated heterocycles. The molecule has 1 aromatic carbocycles. The van der Waals surface area contributed by atoms with E-state index in [4.69, 9.17) is 5.26 Å². The summed E-state index contributed by atoms with van der Waals surface area (Å²) in [7, 11) is 3.32. The third kappa shape index (κ3) is 2.33. The van der Waals surface area contributed by atoms with Gasteiger partial charge in [-0.25, -0.2) is 0 Å². The number of hydrogen-bond acceptors (Lipinski definition) is 4. The summed E-state index contributed by atoms with van der Waals surface area (Å²) in [6.45, 7) is 0. The maximum Gasteiger partial charge on any atom is 0.270 e. The van der Waals surface area contributed by atoms with Crippen molar-refractivity contribution in [3.05, 3.63) is 33.9 Å². The van der Waals surface area contributed by atoms with Gasteiger partial charge in [0.1, 0.15) is 6.07 Å². The van der Waals surface area contributed by atoms with E-state index in [0.29, 0.717) is 5.69 Å². The maximum absolute atomic E-state index is 10.5. The number of nitro groups is 1. The number of non-ortho nitro benzene ring substituents is 1. The molecule has 0 spiro atoms. The van der Waals surface area contributed by atoms with E-state index in [1.54, 1.807) is 19.0 Å². The first-order valence-electron chi connectivity index (χ1n) is 4.43. The summed E-state index contributed by atoms with van der Waals surface area (Å²) in [5, 5.41) is 19.4. The van der Waals surface area contributed by atoms with Gasteiger partial charge in [-0.15, -0.1) is 0 Å². The predicted molar refractivity (Wildman–Crippen MR) is 60.6 cm³/mol. The van der Waals surface area contributed by atoms with Crippen LogP contribution in [-0.2, 0) is 0 Å². The molecule has 0 aliphatic rings. The number of benzene rings is 1. The lowest BCUT2D eigenvalue weighted by Gasteiger charge is -2.13. The van der Waals surface area contributed by atoms with Gasteiger partial charge in [0.25, 0.3) is 5.69 Å². The molecule has 0 atom stereocenters. The largest absolute Gasteiger partial charge is 0.335 e. The van der Waals surface area contributed by atoms with Gasteiger partial charge in [-0.05, 0) is 6.07 Å². The van der Waals surface area contributed by atoms with Crippen molar-refractivity contribution in [3.8, 4) is 6.07 Å². The van der Waals surface area contributed by atoms with Crippen LogP contribution in [0.25, 0.3) is 0 Å². The first-order chi connectivity index (χ1) is 7.60. The van der Waals surface area contributed by atoms with Crippen molar-refractivity contribution >= 4 is 17.7 Å². The Kier molecular flexibility index (Phi) is 3.56. The van der Waals surface area contributed by atoms with Crippen molar-refractivity contribution in [2.75, 3.05) is 19.0 Å². The standard InChI is InChI=1S/C10H10N4O2/c1-12-7-13(2)10-4-3-9(14(15)16)5-8(10)6-11/h3-5,7H,1-2H3. The molecule has 1 rings (SSSR count).